The molecule has 1 aromatic rings. The van der Waals surface area contributed by atoms with E-state index in [0.29, 0.717) is 16.7 Å². The number of nitrogens with zero attached hydrogens (tertiary/aromatic N) is 2. The Morgan fingerprint density at radius 1 is 1.42 bits per heavy atom. The molecule has 1 heterocycles. The van der Waals surface area contributed by atoms with Gasteiger partial charge >= 0.3 is 5.97 Å². The minimum Gasteiger partial charge on any atom is -0.480 e. The first-order valence-corrected chi connectivity index (χ1v) is 6.29. The number of nitrogens with two attached hydrogens (primary N) is 1. The zero-order valence-electron chi connectivity index (χ0n) is 10.3. The molecule has 0 spiro atoms. The predicted molar refractivity (Wildman–Crippen MR) is 70.5 cm³/mol. The largest absolute Gasteiger partial charge is 0.480 e. The van der Waals surface area contributed by atoms with Crippen LogP contribution in [0.3, 0.4) is 0 Å². The summed E-state index contributed by atoms with van der Waals surface area (Å²) in [6, 6.07) is 1.57. The van der Waals surface area contributed by atoms with E-state index in [0.717, 1.165) is 4.90 Å². The first-order valence-electron chi connectivity index (χ1n) is 5.50. The highest BCUT2D eigenvalue weighted by Crippen LogP contribution is 2.16. The first-order chi connectivity index (χ1) is 8.85. The second-order valence-corrected chi connectivity index (χ2v) is 4.77. The Morgan fingerprint density at radius 2 is 2.05 bits per heavy atom. The molecule has 0 bridgehead atoms. The van der Waals surface area contributed by atoms with Crippen molar-refractivity contribution >= 4 is 33.7 Å². The number of carboxylic acids is 1. The van der Waals surface area contributed by atoms with Crippen molar-refractivity contribution in [3.8, 4) is 0 Å². The lowest BCUT2D eigenvalue weighted by atomic mass is 10.3. The van der Waals surface area contributed by atoms with Gasteiger partial charge in [-0.05, 0) is 28.9 Å². The van der Waals surface area contributed by atoms with Crippen LogP contribution in [0.5, 0.6) is 0 Å². The molecule has 2 amide bonds. The fourth-order valence-electron chi connectivity index (χ4n) is 1.63. The van der Waals surface area contributed by atoms with Gasteiger partial charge in [-0.25, -0.2) is 0 Å². The molecule has 0 radical (unpaired) electrons. The number of rotatable bonds is 6. The first kappa shape index (κ1) is 15.2. The Labute approximate surface area is 118 Å². The van der Waals surface area contributed by atoms with Crippen molar-refractivity contribution in [2.75, 3.05) is 13.1 Å². The smallest absolute Gasteiger partial charge is 0.323 e. The molecule has 0 aliphatic carbocycles. The topological polar surface area (TPSA) is 106 Å². The third-order valence-corrected chi connectivity index (χ3v) is 2.82. The van der Waals surface area contributed by atoms with E-state index in [1.807, 2.05) is 6.92 Å². The van der Waals surface area contributed by atoms with E-state index in [9.17, 15) is 14.4 Å². The summed E-state index contributed by atoms with van der Waals surface area (Å²) in [6.45, 7) is 1.38. The number of primary amides is 1. The number of aliphatic carboxylic acids is 1. The van der Waals surface area contributed by atoms with Crippen LogP contribution in [-0.4, -0.2) is 45.4 Å². The number of amides is 2. The number of carbonyl (C=O) groups is 3. The maximum absolute atomic E-state index is 12.2. The molecule has 1 aromatic heterocycles. The maximum Gasteiger partial charge on any atom is 0.323 e. The van der Waals surface area contributed by atoms with Crippen molar-refractivity contribution in [2.24, 2.45) is 5.73 Å². The van der Waals surface area contributed by atoms with Gasteiger partial charge in [0.25, 0.3) is 5.91 Å². The lowest BCUT2D eigenvalue weighted by molar-refractivity contribution is -0.138. The van der Waals surface area contributed by atoms with Crippen molar-refractivity contribution in [2.45, 2.75) is 13.5 Å². The van der Waals surface area contributed by atoms with Crippen molar-refractivity contribution in [1.29, 1.82) is 0 Å². The van der Waals surface area contributed by atoms with Crippen LogP contribution in [0.4, 0.5) is 0 Å². The highest BCUT2D eigenvalue weighted by atomic mass is 79.9. The molecule has 3 N–H and O–H groups in total. The average molecular weight is 332 g/mol. The fourth-order valence-corrected chi connectivity index (χ4v) is 2.09. The minimum absolute atomic E-state index is 0.303. The zero-order valence-corrected chi connectivity index (χ0v) is 11.9. The summed E-state index contributed by atoms with van der Waals surface area (Å²) in [6.07, 6.45) is 1.70. The van der Waals surface area contributed by atoms with E-state index in [1.165, 1.54) is 0 Å². The predicted octanol–water partition coefficient (Wildman–Crippen LogP) is 0.283. The molecule has 0 saturated carbocycles. The molecule has 0 atom stereocenters. The van der Waals surface area contributed by atoms with E-state index in [2.05, 4.69) is 15.9 Å². The van der Waals surface area contributed by atoms with Gasteiger partial charge in [-0.3, -0.25) is 14.4 Å². The summed E-state index contributed by atoms with van der Waals surface area (Å²) >= 11 is 3.24. The highest BCUT2D eigenvalue weighted by Gasteiger charge is 2.23. The van der Waals surface area contributed by atoms with Crippen LogP contribution in [0, 0.1) is 0 Å². The average Bonchev–Trinajstić information content (AvgIpc) is 2.67. The number of carbonyl (C=O) groups excluding carboxylic acids is 2. The molecule has 104 valence electrons. The van der Waals surface area contributed by atoms with E-state index in [4.69, 9.17) is 10.8 Å². The lowest BCUT2D eigenvalue weighted by Gasteiger charge is -2.19. The number of hydrogen-bond acceptors (Lipinski definition) is 3. The molecule has 1 rings (SSSR count). The van der Waals surface area contributed by atoms with Crippen molar-refractivity contribution in [1.82, 2.24) is 9.47 Å². The van der Waals surface area contributed by atoms with Gasteiger partial charge < -0.3 is 20.3 Å². The van der Waals surface area contributed by atoms with Gasteiger partial charge in [-0.2, -0.15) is 0 Å². The standard InChI is InChI=1S/C11H14BrN3O4/c1-2-14-4-7(12)3-8(14)11(19)15(5-9(13)16)6-10(17)18/h3-4H,2,5-6H2,1H3,(H2,13,16)(H,17,18). The van der Waals surface area contributed by atoms with Crippen molar-refractivity contribution in [3.63, 3.8) is 0 Å². The summed E-state index contributed by atoms with van der Waals surface area (Å²) in [5, 5.41) is 8.76. The third kappa shape index (κ3) is 4.09. The minimum atomic E-state index is -1.21. The van der Waals surface area contributed by atoms with Gasteiger partial charge in [-0.15, -0.1) is 0 Å². The Hall–Kier alpha value is -1.83. The van der Waals surface area contributed by atoms with Gasteiger partial charge in [0.2, 0.25) is 5.91 Å². The van der Waals surface area contributed by atoms with Crippen LogP contribution in [0.25, 0.3) is 0 Å². The normalized spacial score (nSPS) is 10.2. The molecule has 0 saturated heterocycles. The molecule has 0 aliphatic heterocycles. The molecule has 19 heavy (non-hydrogen) atoms. The number of halogens is 1. The van der Waals surface area contributed by atoms with E-state index >= 15 is 0 Å². The molecule has 0 aromatic carbocycles. The van der Waals surface area contributed by atoms with E-state index in [-0.39, 0.29) is 0 Å². The quantitative estimate of drug-likeness (QED) is 0.780. The Balaban J connectivity index is 3.03. The monoisotopic (exact) mass is 331 g/mol. The molecular formula is C11H14BrN3O4. The molecule has 0 fully saturated rings. The van der Waals surface area contributed by atoms with Crippen LogP contribution in [0.1, 0.15) is 17.4 Å². The summed E-state index contributed by atoms with van der Waals surface area (Å²) in [5.41, 5.74) is 5.32. The summed E-state index contributed by atoms with van der Waals surface area (Å²) < 4.78 is 2.36. The Kier molecular flexibility index (Phi) is 5.11. The summed E-state index contributed by atoms with van der Waals surface area (Å²) in [7, 11) is 0. The zero-order chi connectivity index (χ0) is 14.6. The molecule has 0 aliphatic rings. The van der Waals surface area contributed by atoms with Gasteiger partial charge in [0.05, 0.1) is 0 Å². The number of aryl methyl sites for hydroxylation is 1. The highest BCUT2D eigenvalue weighted by molar-refractivity contribution is 9.10. The summed E-state index contributed by atoms with van der Waals surface area (Å²) in [4.78, 5) is 34.8. The molecule has 0 unspecified atom stereocenters. The molecule has 8 heteroatoms. The maximum atomic E-state index is 12.2. The second kappa shape index (κ2) is 6.37. The molecular weight excluding hydrogens is 318 g/mol. The van der Waals surface area contributed by atoms with E-state index in [1.54, 1.807) is 16.8 Å². The lowest BCUT2D eigenvalue weighted by Crippen LogP contribution is -2.42. The van der Waals surface area contributed by atoms with Crippen LogP contribution >= 0.6 is 15.9 Å². The van der Waals surface area contributed by atoms with Crippen LogP contribution in [-0.2, 0) is 16.1 Å². The van der Waals surface area contributed by atoms with Gasteiger partial charge in [0.1, 0.15) is 18.8 Å². The number of aromatic nitrogens is 1. The van der Waals surface area contributed by atoms with Gasteiger partial charge in [0, 0.05) is 17.2 Å². The van der Waals surface area contributed by atoms with Crippen molar-refractivity contribution < 1.29 is 19.5 Å². The van der Waals surface area contributed by atoms with Crippen LogP contribution in [0.15, 0.2) is 16.7 Å². The molecule has 7 nitrogen and oxygen atoms in total. The Morgan fingerprint density at radius 3 is 2.53 bits per heavy atom. The summed E-state index contributed by atoms with van der Waals surface area (Å²) in [5.74, 6) is -2.51. The SMILES string of the molecule is CCn1cc(Br)cc1C(=O)N(CC(N)=O)CC(=O)O. The number of hydrogen-bond donors (Lipinski definition) is 2. The number of carboxylic acid groups (broad SMARTS) is 1. The second-order valence-electron chi connectivity index (χ2n) is 3.85. The van der Waals surface area contributed by atoms with Gasteiger partial charge in [0.15, 0.2) is 0 Å². The van der Waals surface area contributed by atoms with Gasteiger partial charge in [-0.1, -0.05) is 0 Å². The van der Waals surface area contributed by atoms with Crippen LogP contribution < -0.4 is 5.73 Å². The third-order valence-electron chi connectivity index (χ3n) is 2.38. The Bertz CT molecular complexity index is 496. The van der Waals surface area contributed by atoms with E-state index < -0.39 is 30.9 Å². The van der Waals surface area contributed by atoms with Crippen LogP contribution in [0.2, 0.25) is 0 Å². The fraction of sp³-hybridized carbons (Fsp3) is 0.364. The van der Waals surface area contributed by atoms with Crippen molar-refractivity contribution in [3.05, 3.63) is 22.4 Å².